The molecule has 2 heterocycles. The van der Waals surface area contributed by atoms with Crippen molar-refractivity contribution < 1.29 is 18.0 Å². The zero-order valence-electron chi connectivity index (χ0n) is 15.3. The highest BCUT2D eigenvalue weighted by atomic mass is 32.1. The van der Waals surface area contributed by atoms with Gasteiger partial charge < -0.3 is 15.1 Å². The van der Waals surface area contributed by atoms with Crippen molar-refractivity contribution in [2.75, 3.05) is 45.6 Å². The van der Waals surface area contributed by atoms with E-state index in [2.05, 4.69) is 20.1 Å². The molecule has 5 nitrogen and oxygen atoms in total. The maximum atomic E-state index is 13.1. The fraction of sp³-hybridized carbons (Fsp3) is 0.556. The van der Waals surface area contributed by atoms with Crippen LogP contribution in [0.5, 0.6) is 0 Å². The molecule has 2 aromatic rings. The van der Waals surface area contributed by atoms with E-state index in [0.717, 1.165) is 49.9 Å². The van der Waals surface area contributed by atoms with E-state index in [1.165, 1.54) is 6.07 Å². The molecule has 1 aromatic heterocycles. The molecule has 148 valence electrons. The second kappa shape index (κ2) is 8.12. The standard InChI is InChI=1S/C18H23F3N4OS/c1-24(2)9-10-25-8-4-5-12(11-25)16(26)23-17-22-15-13(18(19,20)21)6-3-7-14(15)27-17/h3,6-7,12H,4-5,8-11H2,1-2H3,(H,22,23,26). The number of halogens is 3. The first kappa shape index (κ1) is 20.0. The van der Waals surface area contributed by atoms with Gasteiger partial charge in [-0.05, 0) is 45.6 Å². The van der Waals surface area contributed by atoms with E-state index in [9.17, 15) is 18.0 Å². The minimum Gasteiger partial charge on any atom is -0.308 e. The SMILES string of the molecule is CN(C)CCN1CCCC(C(=O)Nc2nc3c(C(F)(F)F)cccc3s2)C1. The van der Waals surface area contributed by atoms with Gasteiger partial charge in [0, 0.05) is 19.6 Å². The van der Waals surface area contributed by atoms with Gasteiger partial charge in [-0.3, -0.25) is 4.79 Å². The predicted octanol–water partition coefficient (Wildman–Crippen LogP) is 3.53. The van der Waals surface area contributed by atoms with Crippen molar-refractivity contribution in [2.45, 2.75) is 19.0 Å². The van der Waals surface area contributed by atoms with Gasteiger partial charge >= 0.3 is 6.18 Å². The number of hydrogen-bond donors (Lipinski definition) is 1. The Morgan fingerprint density at radius 3 is 2.89 bits per heavy atom. The molecule has 1 aromatic carbocycles. The Hall–Kier alpha value is -1.71. The Bertz CT molecular complexity index is 805. The van der Waals surface area contributed by atoms with E-state index in [1.807, 2.05) is 14.1 Å². The molecular weight excluding hydrogens is 377 g/mol. The molecule has 1 aliphatic rings. The van der Waals surface area contributed by atoms with Crippen molar-refractivity contribution in [3.8, 4) is 0 Å². The van der Waals surface area contributed by atoms with E-state index < -0.39 is 11.7 Å². The van der Waals surface area contributed by atoms with Gasteiger partial charge in [0.2, 0.25) is 5.91 Å². The van der Waals surface area contributed by atoms with Crippen LogP contribution in [0.2, 0.25) is 0 Å². The number of carbonyl (C=O) groups is 1. The number of alkyl halides is 3. The molecule has 9 heteroatoms. The Morgan fingerprint density at radius 1 is 1.41 bits per heavy atom. The average Bonchev–Trinajstić information content (AvgIpc) is 3.01. The first-order chi connectivity index (χ1) is 12.7. The van der Waals surface area contributed by atoms with Crippen LogP contribution in [0.4, 0.5) is 18.3 Å². The molecule has 1 aliphatic heterocycles. The number of amides is 1. The number of para-hydroxylation sites is 1. The van der Waals surface area contributed by atoms with Gasteiger partial charge in [-0.15, -0.1) is 0 Å². The van der Waals surface area contributed by atoms with Gasteiger partial charge in [0.1, 0.15) is 0 Å². The molecule has 1 saturated heterocycles. The molecule has 1 fully saturated rings. The molecule has 1 atom stereocenters. The maximum absolute atomic E-state index is 13.1. The smallest absolute Gasteiger partial charge is 0.308 e. The van der Waals surface area contributed by atoms with Crippen molar-refractivity contribution in [3.05, 3.63) is 23.8 Å². The number of nitrogens with one attached hydrogen (secondary N) is 1. The fourth-order valence-corrected chi connectivity index (χ4v) is 4.15. The van der Waals surface area contributed by atoms with Crippen molar-refractivity contribution in [1.82, 2.24) is 14.8 Å². The summed E-state index contributed by atoms with van der Waals surface area (Å²) in [6.45, 7) is 3.45. The van der Waals surface area contributed by atoms with Crippen LogP contribution < -0.4 is 5.32 Å². The van der Waals surface area contributed by atoms with Crippen LogP contribution in [0, 0.1) is 5.92 Å². The van der Waals surface area contributed by atoms with Gasteiger partial charge in [-0.25, -0.2) is 4.98 Å². The molecule has 1 unspecified atom stereocenters. The minimum absolute atomic E-state index is 0.110. The number of thiazole rings is 1. The monoisotopic (exact) mass is 400 g/mol. The lowest BCUT2D eigenvalue weighted by Crippen LogP contribution is -2.43. The Balaban J connectivity index is 1.69. The van der Waals surface area contributed by atoms with Crippen molar-refractivity contribution in [3.63, 3.8) is 0 Å². The number of benzene rings is 1. The summed E-state index contributed by atoms with van der Waals surface area (Å²) in [4.78, 5) is 21.0. The van der Waals surface area contributed by atoms with Gasteiger partial charge in [0.25, 0.3) is 0 Å². The van der Waals surface area contributed by atoms with Gasteiger partial charge in [-0.1, -0.05) is 17.4 Å². The number of piperidine rings is 1. The summed E-state index contributed by atoms with van der Waals surface area (Å²) in [6, 6.07) is 3.96. The van der Waals surface area contributed by atoms with Crippen molar-refractivity contribution in [2.24, 2.45) is 5.92 Å². The van der Waals surface area contributed by atoms with Crippen LogP contribution in [0.1, 0.15) is 18.4 Å². The first-order valence-electron chi connectivity index (χ1n) is 8.89. The molecule has 0 spiro atoms. The Labute approximate surface area is 160 Å². The molecule has 1 N–H and O–H groups in total. The predicted molar refractivity (Wildman–Crippen MR) is 101 cm³/mol. The van der Waals surface area contributed by atoms with Crippen LogP contribution >= 0.6 is 11.3 Å². The Kier molecular flexibility index (Phi) is 6.02. The largest absolute Gasteiger partial charge is 0.418 e. The van der Waals surface area contributed by atoms with Gasteiger partial charge in [0.05, 0.1) is 21.7 Å². The molecule has 27 heavy (non-hydrogen) atoms. The van der Waals surface area contributed by atoms with Crippen LogP contribution in [0.15, 0.2) is 18.2 Å². The lowest BCUT2D eigenvalue weighted by molar-refractivity contribution is -0.136. The third-order valence-corrected chi connectivity index (χ3v) is 5.63. The normalized spacial score (nSPS) is 19.0. The zero-order valence-corrected chi connectivity index (χ0v) is 16.2. The van der Waals surface area contributed by atoms with E-state index >= 15 is 0 Å². The summed E-state index contributed by atoms with van der Waals surface area (Å²) in [5.41, 5.74) is -0.883. The summed E-state index contributed by atoms with van der Waals surface area (Å²) in [5, 5.41) is 2.95. The van der Waals surface area contributed by atoms with E-state index in [4.69, 9.17) is 0 Å². The summed E-state index contributed by atoms with van der Waals surface area (Å²) < 4.78 is 39.8. The van der Waals surface area contributed by atoms with Gasteiger partial charge in [-0.2, -0.15) is 13.2 Å². The highest BCUT2D eigenvalue weighted by Gasteiger charge is 2.34. The molecule has 0 aliphatic carbocycles. The highest BCUT2D eigenvalue weighted by molar-refractivity contribution is 7.22. The fourth-order valence-electron chi connectivity index (χ4n) is 3.25. The summed E-state index contributed by atoms with van der Waals surface area (Å²) in [5.74, 6) is -0.341. The number of hydrogen-bond acceptors (Lipinski definition) is 5. The lowest BCUT2D eigenvalue weighted by Gasteiger charge is -2.32. The minimum atomic E-state index is -4.47. The number of likely N-dealkylation sites (tertiary alicyclic amines) is 1. The summed E-state index contributed by atoms with van der Waals surface area (Å²) in [6.07, 6.45) is -2.75. The van der Waals surface area contributed by atoms with Crippen LogP contribution in [-0.2, 0) is 11.0 Å². The van der Waals surface area contributed by atoms with E-state index in [0.29, 0.717) is 11.2 Å². The number of carbonyl (C=O) groups excluding carboxylic acids is 1. The molecule has 1 amide bonds. The maximum Gasteiger partial charge on any atom is 0.418 e. The average molecular weight is 400 g/mol. The number of rotatable bonds is 5. The zero-order chi connectivity index (χ0) is 19.6. The second-order valence-electron chi connectivity index (χ2n) is 7.10. The highest BCUT2D eigenvalue weighted by Crippen LogP contribution is 2.37. The number of likely N-dealkylation sites (N-methyl/N-ethyl adjacent to an activating group) is 1. The third kappa shape index (κ3) is 4.97. The first-order valence-corrected chi connectivity index (χ1v) is 9.70. The second-order valence-corrected chi connectivity index (χ2v) is 8.13. The number of nitrogens with zero attached hydrogens (tertiary/aromatic N) is 3. The quantitative estimate of drug-likeness (QED) is 0.834. The summed E-state index contributed by atoms with van der Waals surface area (Å²) in [7, 11) is 4.02. The molecule has 0 saturated carbocycles. The van der Waals surface area contributed by atoms with Gasteiger partial charge in [0.15, 0.2) is 5.13 Å². The van der Waals surface area contributed by atoms with E-state index in [1.54, 1.807) is 6.07 Å². The number of aromatic nitrogens is 1. The topological polar surface area (TPSA) is 48.5 Å². The molecule has 0 bridgehead atoms. The summed E-state index contributed by atoms with van der Waals surface area (Å²) >= 11 is 1.07. The number of fused-ring (bicyclic) bond motifs is 1. The molecular formula is C18H23F3N4OS. The lowest BCUT2D eigenvalue weighted by atomic mass is 9.97. The third-order valence-electron chi connectivity index (χ3n) is 4.69. The van der Waals surface area contributed by atoms with Crippen LogP contribution in [-0.4, -0.2) is 61.0 Å². The molecule has 3 rings (SSSR count). The Morgan fingerprint density at radius 2 is 2.19 bits per heavy atom. The van der Waals surface area contributed by atoms with E-state index in [-0.39, 0.29) is 22.5 Å². The van der Waals surface area contributed by atoms with Crippen molar-refractivity contribution >= 4 is 32.6 Å². The molecule has 0 radical (unpaired) electrons. The van der Waals surface area contributed by atoms with Crippen LogP contribution in [0.25, 0.3) is 10.2 Å². The van der Waals surface area contributed by atoms with Crippen molar-refractivity contribution in [1.29, 1.82) is 0 Å². The number of anilines is 1. The van der Waals surface area contributed by atoms with Crippen LogP contribution in [0.3, 0.4) is 0 Å².